The fourth-order valence-corrected chi connectivity index (χ4v) is 2.58. The Kier molecular flexibility index (Phi) is 4.76. The van der Waals surface area contributed by atoms with E-state index in [1.54, 1.807) is 12.4 Å². The number of carbonyl (C=O) groups excluding carboxylic acids is 1. The molecule has 1 aliphatic carbocycles. The van der Waals surface area contributed by atoms with Crippen molar-refractivity contribution in [3.63, 3.8) is 0 Å². The van der Waals surface area contributed by atoms with Crippen LogP contribution in [0.1, 0.15) is 31.4 Å². The number of amides is 2. The molecular formula is C18H22N4O2. The quantitative estimate of drug-likeness (QED) is 0.760. The van der Waals surface area contributed by atoms with Crippen molar-refractivity contribution in [2.24, 2.45) is 5.41 Å². The third kappa shape index (κ3) is 3.89. The van der Waals surface area contributed by atoms with Gasteiger partial charge in [0.25, 0.3) is 0 Å². The van der Waals surface area contributed by atoms with Crippen LogP contribution in [0.4, 0.5) is 4.79 Å². The number of nitrogens with zero attached hydrogens (tertiary/aromatic N) is 2. The molecule has 2 amide bonds. The van der Waals surface area contributed by atoms with E-state index in [-0.39, 0.29) is 24.1 Å². The number of hydrogen-bond acceptors (Lipinski definition) is 4. The average molecular weight is 326 g/mol. The Morgan fingerprint density at radius 3 is 2.46 bits per heavy atom. The maximum Gasteiger partial charge on any atom is 0.315 e. The molecule has 1 unspecified atom stereocenters. The van der Waals surface area contributed by atoms with Crippen LogP contribution in [0, 0.1) is 5.41 Å². The number of rotatable bonds is 6. The smallest absolute Gasteiger partial charge is 0.315 e. The topological polar surface area (TPSA) is 87.1 Å². The monoisotopic (exact) mass is 326 g/mol. The van der Waals surface area contributed by atoms with E-state index in [9.17, 15) is 9.90 Å². The number of aliphatic hydroxyl groups is 1. The molecule has 0 radical (unpaired) electrons. The van der Waals surface area contributed by atoms with E-state index < -0.39 is 0 Å². The van der Waals surface area contributed by atoms with Gasteiger partial charge < -0.3 is 15.7 Å². The standard InChI is InChI=1S/C18H22N4O2/c1-13(22-17(24)21-10-18(11-23)6-7-18)14-2-4-15(5-3-14)16-8-19-12-20-9-16/h2-5,8-9,12-13,23H,6-7,10-11H2,1H3,(H2,21,22,24). The maximum atomic E-state index is 12.0. The van der Waals surface area contributed by atoms with Gasteiger partial charge in [-0.1, -0.05) is 24.3 Å². The van der Waals surface area contributed by atoms with Gasteiger partial charge in [0, 0.05) is 29.9 Å². The third-order valence-corrected chi connectivity index (χ3v) is 4.57. The number of aliphatic hydroxyl groups excluding tert-OH is 1. The van der Waals surface area contributed by atoms with Gasteiger partial charge in [0.15, 0.2) is 0 Å². The van der Waals surface area contributed by atoms with E-state index in [0.29, 0.717) is 6.54 Å². The largest absolute Gasteiger partial charge is 0.396 e. The number of hydrogen-bond donors (Lipinski definition) is 3. The molecule has 3 rings (SSSR count). The summed E-state index contributed by atoms with van der Waals surface area (Å²) in [5, 5.41) is 15.0. The molecule has 2 aromatic rings. The second kappa shape index (κ2) is 6.97. The fourth-order valence-electron chi connectivity index (χ4n) is 2.58. The normalized spacial score (nSPS) is 16.2. The fraction of sp³-hybridized carbons (Fsp3) is 0.389. The lowest BCUT2D eigenvalue weighted by molar-refractivity contribution is 0.202. The molecule has 0 spiro atoms. The highest BCUT2D eigenvalue weighted by atomic mass is 16.3. The first kappa shape index (κ1) is 16.4. The van der Waals surface area contributed by atoms with Crippen molar-refractivity contribution < 1.29 is 9.90 Å². The molecule has 6 nitrogen and oxygen atoms in total. The first-order valence-corrected chi connectivity index (χ1v) is 8.12. The van der Waals surface area contributed by atoms with Gasteiger partial charge in [-0.05, 0) is 30.9 Å². The van der Waals surface area contributed by atoms with Gasteiger partial charge >= 0.3 is 6.03 Å². The van der Waals surface area contributed by atoms with Gasteiger partial charge in [0.05, 0.1) is 12.6 Å². The average Bonchev–Trinajstić information content (AvgIpc) is 3.41. The third-order valence-electron chi connectivity index (χ3n) is 4.57. The van der Waals surface area contributed by atoms with Crippen molar-refractivity contribution >= 4 is 6.03 Å². The minimum atomic E-state index is -0.206. The summed E-state index contributed by atoms with van der Waals surface area (Å²) in [7, 11) is 0. The van der Waals surface area contributed by atoms with Crippen LogP contribution in [0.2, 0.25) is 0 Å². The van der Waals surface area contributed by atoms with E-state index in [0.717, 1.165) is 29.5 Å². The van der Waals surface area contributed by atoms with E-state index in [2.05, 4.69) is 20.6 Å². The summed E-state index contributed by atoms with van der Waals surface area (Å²) in [4.78, 5) is 20.0. The maximum absolute atomic E-state index is 12.0. The molecule has 0 saturated heterocycles. The zero-order valence-electron chi connectivity index (χ0n) is 13.7. The summed E-state index contributed by atoms with van der Waals surface area (Å²) in [5.41, 5.74) is 2.93. The number of aromatic nitrogens is 2. The van der Waals surface area contributed by atoms with Gasteiger partial charge in [-0.3, -0.25) is 0 Å². The first-order valence-electron chi connectivity index (χ1n) is 8.12. The van der Waals surface area contributed by atoms with Crippen LogP contribution in [-0.2, 0) is 0 Å². The highest BCUT2D eigenvalue weighted by molar-refractivity contribution is 5.74. The molecule has 1 heterocycles. The van der Waals surface area contributed by atoms with E-state index >= 15 is 0 Å². The molecule has 1 aromatic carbocycles. The lowest BCUT2D eigenvalue weighted by Gasteiger charge is -2.17. The molecule has 3 N–H and O–H groups in total. The van der Waals surface area contributed by atoms with Gasteiger partial charge in [0.2, 0.25) is 0 Å². The molecule has 1 saturated carbocycles. The summed E-state index contributed by atoms with van der Waals surface area (Å²) in [6.45, 7) is 2.60. The van der Waals surface area contributed by atoms with Crippen molar-refractivity contribution in [1.29, 1.82) is 0 Å². The van der Waals surface area contributed by atoms with Crippen LogP contribution in [0.3, 0.4) is 0 Å². The summed E-state index contributed by atoms with van der Waals surface area (Å²) in [6.07, 6.45) is 7.00. The molecule has 1 aromatic heterocycles. The van der Waals surface area contributed by atoms with E-state index in [1.807, 2.05) is 31.2 Å². The summed E-state index contributed by atoms with van der Waals surface area (Å²) < 4.78 is 0. The molecule has 24 heavy (non-hydrogen) atoms. The summed E-state index contributed by atoms with van der Waals surface area (Å²) in [6, 6.07) is 7.66. The van der Waals surface area contributed by atoms with Crippen LogP contribution in [0.5, 0.6) is 0 Å². The zero-order valence-corrected chi connectivity index (χ0v) is 13.7. The molecule has 126 valence electrons. The second-order valence-electron chi connectivity index (χ2n) is 6.46. The van der Waals surface area contributed by atoms with Gasteiger partial charge in [0.1, 0.15) is 6.33 Å². The Balaban J connectivity index is 1.55. The predicted octanol–water partition coefficient (Wildman–Crippen LogP) is 2.28. The van der Waals surface area contributed by atoms with Crippen LogP contribution in [0.25, 0.3) is 11.1 Å². The SMILES string of the molecule is CC(NC(=O)NCC1(CO)CC1)c1ccc(-c2cncnc2)cc1. The van der Waals surface area contributed by atoms with E-state index in [1.165, 1.54) is 6.33 Å². The lowest BCUT2D eigenvalue weighted by Crippen LogP contribution is -2.40. The van der Waals surface area contributed by atoms with Gasteiger partial charge in [-0.15, -0.1) is 0 Å². The molecular weight excluding hydrogens is 304 g/mol. The molecule has 1 aliphatic rings. The van der Waals surface area contributed by atoms with Crippen molar-refractivity contribution in [2.75, 3.05) is 13.2 Å². The summed E-state index contributed by atoms with van der Waals surface area (Å²) >= 11 is 0. The van der Waals surface area contributed by atoms with Gasteiger partial charge in [-0.2, -0.15) is 0 Å². The van der Waals surface area contributed by atoms with Crippen LogP contribution in [-0.4, -0.2) is 34.3 Å². The zero-order chi connectivity index (χ0) is 17.0. The number of carbonyl (C=O) groups is 1. The Bertz CT molecular complexity index is 684. The Hall–Kier alpha value is -2.47. The first-order chi connectivity index (χ1) is 11.6. The lowest BCUT2D eigenvalue weighted by atomic mass is 10.0. The number of benzene rings is 1. The van der Waals surface area contributed by atoms with Crippen LogP contribution >= 0.6 is 0 Å². The van der Waals surface area contributed by atoms with Crippen molar-refractivity contribution in [3.05, 3.63) is 48.5 Å². The highest BCUT2D eigenvalue weighted by Gasteiger charge is 2.42. The van der Waals surface area contributed by atoms with Crippen LogP contribution in [0.15, 0.2) is 43.0 Å². The minimum Gasteiger partial charge on any atom is -0.396 e. The minimum absolute atomic E-state index is 0.0834. The predicted molar refractivity (Wildman–Crippen MR) is 91.2 cm³/mol. The molecule has 0 bridgehead atoms. The van der Waals surface area contributed by atoms with Crippen molar-refractivity contribution in [2.45, 2.75) is 25.8 Å². The Labute approximate surface area is 141 Å². The molecule has 1 atom stereocenters. The highest BCUT2D eigenvalue weighted by Crippen LogP contribution is 2.44. The van der Waals surface area contributed by atoms with Gasteiger partial charge in [-0.25, -0.2) is 14.8 Å². The Morgan fingerprint density at radius 1 is 1.21 bits per heavy atom. The number of nitrogens with one attached hydrogen (secondary N) is 2. The molecule has 0 aliphatic heterocycles. The van der Waals surface area contributed by atoms with Crippen molar-refractivity contribution in [3.8, 4) is 11.1 Å². The number of urea groups is 1. The molecule has 6 heteroatoms. The summed E-state index contributed by atoms with van der Waals surface area (Å²) in [5.74, 6) is 0. The Morgan fingerprint density at radius 2 is 1.88 bits per heavy atom. The van der Waals surface area contributed by atoms with Crippen LogP contribution < -0.4 is 10.6 Å². The molecule has 1 fully saturated rings. The van der Waals surface area contributed by atoms with Crippen molar-refractivity contribution in [1.82, 2.24) is 20.6 Å². The van der Waals surface area contributed by atoms with E-state index in [4.69, 9.17) is 0 Å². The second-order valence-corrected chi connectivity index (χ2v) is 6.46.